The summed E-state index contributed by atoms with van der Waals surface area (Å²) < 4.78 is 0. The zero-order valence-corrected chi connectivity index (χ0v) is 15.9. The molecule has 3 aromatic rings. The Balaban J connectivity index is 1.93. The summed E-state index contributed by atoms with van der Waals surface area (Å²) in [5.41, 5.74) is 2.36. The smallest absolute Gasteiger partial charge is 0.259 e. The van der Waals surface area contributed by atoms with E-state index in [1.165, 1.54) is 6.92 Å². The largest absolute Gasteiger partial charge is 0.326 e. The number of hydrogen-bond acceptors (Lipinski definition) is 3. The monoisotopic (exact) mass is 384 g/mol. The molecule has 0 fully saturated rings. The summed E-state index contributed by atoms with van der Waals surface area (Å²) in [6, 6.07) is 24.5. The van der Waals surface area contributed by atoms with Crippen LogP contribution in [0.2, 0.25) is 0 Å². The van der Waals surface area contributed by atoms with E-state index in [9.17, 15) is 14.4 Å². The Hall–Kier alpha value is -3.99. The van der Waals surface area contributed by atoms with Crippen LogP contribution in [0.3, 0.4) is 0 Å². The van der Waals surface area contributed by atoms with Gasteiger partial charge in [-0.05, 0) is 35.9 Å². The number of carbonyl (C=O) groups is 3. The van der Waals surface area contributed by atoms with Gasteiger partial charge in [0.2, 0.25) is 5.91 Å². The third-order valence-corrected chi connectivity index (χ3v) is 4.10. The van der Waals surface area contributed by atoms with Gasteiger partial charge in [-0.25, -0.2) is 0 Å². The molecule has 0 aliphatic rings. The quantitative estimate of drug-likeness (QED) is 0.283. The lowest BCUT2D eigenvalue weighted by molar-refractivity contribution is -0.114. The van der Waals surface area contributed by atoms with Crippen LogP contribution in [0.15, 0.2) is 90.5 Å². The van der Waals surface area contributed by atoms with Crippen molar-refractivity contribution in [2.45, 2.75) is 6.92 Å². The highest BCUT2D eigenvalue weighted by molar-refractivity contribution is 6.31. The molecule has 144 valence electrons. The van der Waals surface area contributed by atoms with Crippen molar-refractivity contribution in [2.75, 3.05) is 10.6 Å². The van der Waals surface area contributed by atoms with Crippen molar-refractivity contribution in [2.24, 2.45) is 0 Å². The number of nitrogens with one attached hydrogen (secondary N) is 2. The summed E-state index contributed by atoms with van der Waals surface area (Å²) >= 11 is 0. The molecule has 5 heteroatoms. The molecular formula is C24H20N2O3. The molecule has 0 aliphatic heterocycles. The zero-order valence-electron chi connectivity index (χ0n) is 15.9. The van der Waals surface area contributed by atoms with Gasteiger partial charge in [-0.1, -0.05) is 60.7 Å². The van der Waals surface area contributed by atoms with E-state index < -0.39 is 5.91 Å². The lowest BCUT2D eigenvalue weighted by Crippen LogP contribution is -2.20. The molecule has 3 rings (SSSR count). The summed E-state index contributed by atoms with van der Waals surface area (Å²) in [4.78, 5) is 37.1. The first-order chi connectivity index (χ1) is 14.0. The summed E-state index contributed by atoms with van der Waals surface area (Å²) in [5.74, 6) is -1.03. The van der Waals surface area contributed by atoms with Crippen molar-refractivity contribution in [1.29, 1.82) is 0 Å². The molecule has 5 nitrogen and oxygen atoms in total. The van der Waals surface area contributed by atoms with Crippen LogP contribution in [0.5, 0.6) is 0 Å². The van der Waals surface area contributed by atoms with E-state index in [1.54, 1.807) is 78.9 Å². The Morgan fingerprint density at radius 2 is 1.24 bits per heavy atom. The lowest BCUT2D eigenvalue weighted by atomic mass is 10.00. The van der Waals surface area contributed by atoms with Crippen molar-refractivity contribution >= 4 is 35.0 Å². The molecule has 0 aromatic heterocycles. The first-order valence-electron chi connectivity index (χ1n) is 9.08. The van der Waals surface area contributed by atoms with Crippen LogP contribution in [-0.2, 0) is 9.59 Å². The van der Waals surface area contributed by atoms with Gasteiger partial charge in [0.05, 0.1) is 5.57 Å². The normalized spacial score (nSPS) is 10.9. The van der Waals surface area contributed by atoms with Crippen molar-refractivity contribution in [3.05, 3.63) is 102 Å². The maximum Gasteiger partial charge on any atom is 0.259 e. The molecule has 29 heavy (non-hydrogen) atoms. The van der Waals surface area contributed by atoms with Crippen LogP contribution < -0.4 is 10.6 Å². The fourth-order valence-corrected chi connectivity index (χ4v) is 2.73. The molecule has 0 radical (unpaired) electrons. The fourth-order valence-electron chi connectivity index (χ4n) is 2.73. The van der Waals surface area contributed by atoms with Gasteiger partial charge in [0.25, 0.3) is 5.91 Å². The molecule has 0 aliphatic carbocycles. The third kappa shape index (κ3) is 5.49. The van der Waals surface area contributed by atoms with Crippen LogP contribution >= 0.6 is 0 Å². The van der Waals surface area contributed by atoms with Crippen LogP contribution in [0.4, 0.5) is 11.4 Å². The van der Waals surface area contributed by atoms with Gasteiger partial charge < -0.3 is 10.6 Å². The van der Waals surface area contributed by atoms with Crippen molar-refractivity contribution in [3.8, 4) is 0 Å². The van der Waals surface area contributed by atoms with Gasteiger partial charge in [0.1, 0.15) is 0 Å². The van der Waals surface area contributed by atoms with E-state index in [0.717, 1.165) is 0 Å². The van der Waals surface area contributed by atoms with Gasteiger partial charge in [-0.15, -0.1) is 0 Å². The summed E-state index contributed by atoms with van der Waals surface area (Å²) in [5, 5.41) is 5.45. The Morgan fingerprint density at radius 1 is 0.690 bits per heavy atom. The van der Waals surface area contributed by atoms with Gasteiger partial charge in [0.15, 0.2) is 5.78 Å². The Morgan fingerprint density at radius 3 is 1.83 bits per heavy atom. The predicted octanol–water partition coefficient (Wildman–Crippen LogP) is 4.55. The number of hydrogen-bond donors (Lipinski definition) is 2. The molecule has 2 amide bonds. The van der Waals surface area contributed by atoms with E-state index in [0.29, 0.717) is 22.5 Å². The average Bonchev–Trinajstić information content (AvgIpc) is 2.73. The predicted molar refractivity (Wildman–Crippen MR) is 115 cm³/mol. The number of benzene rings is 3. The van der Waals surface area contributed by atoms with Crippen molar-refractivity contribution < 1.29 is 14.4 Å². The second-order valence-electron chi connectivity index (χ2n) is 6.38. The van der Waals surface area contributed by atoms with Crippen molar-refractivity contribution in [1.82, 2.24) is 0 Å². The van der Waals surface area contributed by atoms with Crippen LogP contribution in [0.25, 0.3) is 6.08 Å². The maximum absolute atomic E-state index is 13.0. The molecular weight excluding hydrogens is 364 g/mol. The van der Waals surface area contributed by atoms with E-state index in [2.05, 4.69) is 10.6 Å². The summed E-state index contributed by atoms with van der Waals surface area (Å²) in [7, 11) is 0. The summed E-state index contributed by atoms with van der Waals surface area (Å²) in [6.07, 6.45) is 1.55. The second-order valence-corrected chi connectivity index (χ2v) is 6.38. The first-order valence-corrected chi connectivity index (χ1v) is 9.08. The molecule has 0 bridgehead atoms. The number of Topliss-reactive ketones (excluding diaryl/α,β-unsaturated/α-hetero) is 1. The van der Waals surface area contributed by atoms with E-state index in [1.807, 2.05) is 12.1 Å². The van der Waals surface area contributed by atoms with Gasteiger partial charge in [-0.3, -0.25) is 14.4 Å². The number of anilines is 2. The van der Waals surface area contributed by atoms with E-state index in [-0.39, 0.29) is 17.3 Å². The third-order valence-electron chi connectivity index (χ3n) is 4.10. The molecule has 0 spiro atoms. The van der Waals surface area contributed by atoms with Crippen LogP contribution in [-0.4, -0.2) is 17.6 Å². The Kier molecular flexibility index (Phi) is 6.32. The van der Waals surface area contributed by atoms with Gasteiger partial charge in [0, 0.05) is 23.9 Å². The fraction of sp³-hybridized carbons (Fsp3) is 0.0417. The summed E-state index contributed by atoms with van der Waals surface area (Å²) in [6.45, 7) is 1.43. The average molecular weight is 384 g/mol. The number of ketones is 1. The number of amides is 2. The minimum Gasteiger partial charge on any atom is -0.326 e. The van der Waals surface area contributed by atoms with Crippen LogP contribution in [0, 0.1) is 0 Å². The zero-order chi connectivity index (χ0) is 20.6. The van der Waals surface area contributed by atoms with Gasteiger partial charge >= 0.3 is 0 Å². The van der Waals surface area contributed by atoms with E-state index >= 15 is 0 Å². The molecule has 0 saturated carbocycles. The standard InChI is InChI=1S/C24H20N2O3/c1-17(27)25-21-14-12-18(13-15-21)16-22(23(28)19-8-4-2-5-9-19)24(29)26-20-10-6-3-7-11-20/h2-16H,1H3,(H,25,27)(H,26,29)/b22-16+. The molecule has 2 N–H and O–H groups in total. The number of carbonyl (C=O) groups excluding carboxylic acids is 3. The van der Waals surface area contributed by atoms with Crippen molar-refractivity contribution in [3.63, 3.8) is 0 Å². The first kappa shape index (κ1) is 19.8. The van der Waals surface area contributed by atoms with Crippen LogP contribution in [0.1, 0.15) is 22.8 Å². The molecule has 0 unspecified atom stereocenters. The molecule has 3 aromatic carbocycles. The minimum atomic E-state index is -0.490. The number of para-hydroxylation sites is 1. The highest BCUT2D eigenvalue weighted by Gasteiger charge is 2.20. The minimum absolute atomic E-state index is 0.0207. The lowest BCUT2D eigenvalue weighted by Gasteiger charge is -2.09. The van der Waals surface area contributed by atoms with Gasteiger partial charge in [-0.2, -0.15) is 0 Å². The van der Waals surface area contributed by atoms with E-state index in [4.69, 9.17) is 0 Å². The SMILES string of the molecule is CC(=O)Nc1ccc(/C=C(/C(=O)Nc2ccccc2)C(=O)c2ccccc2)cc1. The molecule has 0 saturated heterocycles. The number of rotatable bonds is 6. The maximum atomic E-state index is 13.0. The Bertz CT molecular complexity index is 1040. The molecule has 0 atom stereocenters. The highest BCUT2D eigenvalue weighted by Crippen LogP contribution is 2.18. The highest BCUT2D eigenvalue weighted by atomic mass is 16.2. The second kappa shape index (κ2) is 9.28. The molecule has 0 heterocycles. The topological polar surface area (TPSA) is 75.3 Å². The Labute approximate surface area is 169 Å².